The van der Waals surface area contributed by atoms with Crippen LogP contribution in [0.1, 0.15) is 56.0 Å². The highest BCUT2D eigenvalue weighted by Gasteiger charge is 2.31. The van der Waals surface area contributed by atoms with Gasteiger partial charge in [0.1, 0.15) is 11.2 Å². The third-order valence-electron chi connectivity index (χ3n) is 3.54. The number of ether oxygens (including phenoxy) is 1. The van der Waals surface area contributed by atoms with E-state index in [0.29, 0.717) is 23.7 Å². The monoisotopic (exact) mass is 278 g/mol. The average Bonchev–Trinajstić information content (AvgIpc) is 2.34. The smallest absolute Gasteiger partial charge is 0.147 e. The number of aromatic nitrogens is 1. The van der Waals surface area contributed by atoms with Crippen molar-refractivity contribution >= 4 is 11.6 Å². The molecule has 0 fully saturated rings. The summed E-state index contributed by atoms with van der Waals surface area (Å²) in [5.41, 5.74) is 3.38. The third kappa shape index (κ3) is 2.91. The molecular formula is C15H19ClN2O. The number of pyridine rings is 1. The molecule has 0 unspecified atom stereocenters. The van der Waals surface area contributed by atoms with Gasteiger partial charge in [-0.2, -0.15) is 5.26 Å². The number of fused-ring (bicyclic) bond motifs is 1. The van der Waals surface area contributed by atoms with E-state index >= 15 is 0 Å². The summed E-state index contributed by atoms with van der Waals surface area (Å²) < 4.78 is 5.86. The molecule has 1 aromatic heterocycles. The van der Waals surface area contributed by atoms with Crippen LogP contribution in [0.15, 0.2) is 0 Å². The predicted molar refractivity (Wildman–Crippen MR) is 75.1 cm³/mol. The minimum absolute atomic E-state index is 0.245. The van der Waals surface area contributed by atoms with E-state index in [4.69, 9.17) is 16.3 Å². The van der Waals surface area contributed by atoms with Crippen LogP contribution < -0.4 is 0 Å². The Labute approximate surface area is 119 Å². The molecule has 0 bridgehead atoms. The van der Waals surface area contributed by atoms with Crippen molar-refractivity contribution < 1.29 is 4.74 Å². The van der Waals surface area contributed by atoms with Crippen LogP contribution in [0.5, 0.6) is 0 Å². The second-order valence-electron chi connectivity index (χ2n) is 5.62. The zero-order valence-electron chi connectivity index (χ0n) is 11.7. The molecule has 0 radical (unpaired) electrons. The summed E-state index contributed by atoms with van der Waals surface area (Å²) in [5, 5.41) is 9.63. The third-order valence-corrected chi connectivity index (χ3v) is 3.82. The topological polar surface area (TPSA) is 45.9 Å². The standard InChI is InChI=1S/C15H19ClN2O/c1-4-5-6-13-12-9-19-15(2,3)7-10(12)11(8-17)14(16)18-13/h4-7,9H2,1-3H3. The minimum Gasteiger partial charge on any atom is -0.370 e. The molecule has 1 aliphatic heterocycles. The van der Waals surface area contributed by atoms with Crippen LogP contribution in [0.2, 0.25) is 5.15 Å². The summed E-state index contributed by atoms with van der Waals surface area (Å²) >= 11 is 6.16. The van der Waals surface area contributed by atoms with E-state index in [9.17, 15) is 5.26 Å². The second-order valence-corrected chi connectivity index (χ2v) is 5.98. The van der Waals surface area contributed by atoms with E-state index in [1.807, 2.05) is 13.8 Å². The van der Waals surface area contributed by atoms with Crippen molar-refractivity contribution in [3.05, 3.63) is 27.5 Å². The molecule has 19 heavy (non-hydrogen) atoms. The number of unbranched alkanes of at least 4 members (excludes halogenated alkanes) is 1. The van der Waals surface area contributed by atoms with Gasteiger partial charge in [0, 0.05) is 17.7 Å². The minimum atomic E-state index is -0.245. The molecule has 0 saturated heterocycles. The maximum absolute atomic E-state index is 9.30. The van der Waals surface area contributed by atoms with Crippen molar-refractivity contribution in [3.8, 4) is 6.07 Å². The maximum Gasteiger partial charge on any atom is 0.147 e. The van der Waals surface area contributed by atoms with Gasteiger partial charge < -0.3 is 4.74 Å². The lowest BCUT2D eigenvalue weighted by Gasteiger charge is -2.33. The van der Waals surface area contributed by atoms with Gasteiger partial charge >= 0.3 is 0 Å². The zero-order valence-corrected chi connectivity index (χ0v) is 12.5. The molecule has 1 aromatic rings. The van der Waals surface area contributed by atoms with E-state index in [1.54, 1.807) is 0 Å². The van der Waals surface area contributed by atoms with E-state index in [0.717, 1.165) is 36.1 Å². The van der Waals surface area contributed by atoms with Gasteiger partial charge in [0.2, 0.25) is 0 Å². The molecular weight excluding hydrogens is 260 g/mol. The highest BCUT2D eigenvalue weighted by Crippen LogP contribution is 2.34. The lowest BCUT2D eigenvalue weighted by molar-refractivity contribution is -0.0407. The van der Waals surface area contributed by atoms with Crippen molar-refractivity contribution in [1.82, 2.24) is 4.98 Å². The molecule has 1 aliphatic rings. The summed E-state index contributed by atoms with van der Waals surface area (Å²) in [4.78, 5) is 4.41. The van der Waals surface area contributed by atoms with Gasteiger partial charge in [0.05, 0.1) is 17.8 Å². The molecule has 102 valence electrons. The van der Waals surface area contributed by atoms with Crippen LogP contribution >= 0.6 is 11.6 Å². The molecule has 4 heteroatoms. The number of halogens is 1. The van der Waals surface area contributed by atoms with Gasteiger partial charge in [-0.3, -0.25) is 0 Å². The Morgan fingerprint density at radius 2 is 2.16 bits per heavy atom. The largest absolute Gasteiger partial charge is 0.370 e. The Morgan fingerprint density at radius 1 is 1.42 bits per heavy atom. The van der Waals surface area contributed by atoms with E-state index in [2.05, 4.69) is 18.0 Å². The van der Waals surface area contributed by atoms with Crippen LogP contribution in [0, 0.1) is 11.3 Å². The molecule has 0 aromatic carbocycles. The molecule has 0 atom stereocenters. The van der Waals surface area contributed by atoms with Crippen LogP contribution in [0.3, 0.4) is 0 Å². The number of nitriles is 1. The van der Waals surface area contributed by atoms with Crippen LogP contribution in [-0.2, 0) is 24.2 Å². The summed E-state index contributed by atoms with van der Waals surface area (Å²) in [6, 6.07) is 2.19. The van der Waals surface area contributed by atoms with Gasteiger partial charge in [-0.25, -0.2) is 4.98 Å². The van der Waals surface area contributed by atoms with Crippen molar-refractivity contribution in [2.45, 2.75) is 58.7 Å². The number of hydrogen-bond donors (Lipinski definition) is 0. The first-order valence-electron chi connectivity index (χ1n) is 6.72. The zero-order chi connectivity index (χ0) is 14.0. The predicted octanol–water partition coefficient (Wildman–Crippen LogP) is 3.80. The lowest BCUT2D eigenvalue weighted by Crippen LogP contribution is -2.33. The van der Waals surface area contributed by atoms with Crippen molar-refractivity contribution in [1.29, 1.82) is 5.26 Å². The van der Waals surface area contributed by atoms with Gasteiger partial charge in [0.25, 0.3) is 0 Å². The molecule has 0 aliphatic carbocycles. The van der Waals surface area contributed by atoms with Gasteiger partial charge in [-0.1, -0.05) is 24.9 Å². The van der Waals surface area contributed by atoms with Crippen LogP contribution in [-0.4, -0.2) is 10.6 Å². The average molecular weight is 279 g/mol. The Morgan fingerprint density at radius 3 is 2.79 bits per heavy atom. The molecule has 0 spiro atoms. The van der Waals surface area contributed by atoms with Gasteiger partial charge in [-0.05, 0) is 32.3 Å². The molecule has 0 amide bonds. The Balaban J connectivity index is 2.51. The molecule has 2 heterocycles. The Hall–Kier alpha value is -1.11. The molecule has 3 nitrogen and oxygen atoms in total. The molecule has 2 rings (SSSR count). The highest BCUT2D eigenvalue weighted by atomic mass is 35.5. The van der Waals surface area contributed by atoms with Crippen molar-refractivity contribution in [3.63, 3.8) is 0 Å². The number of rotatable bonds is 3. The summed E-state index contributed by atoms with van der Waals surface area (Å²) in [6.45, 7) is 6.76. The fraction of sp³-hybridized carbons (Fsp3) is 0.600. The summed E-state index contributed by atoms with van der Waals surface area (Å²) in [5.74, 6) is 0. The summed E-state index contributed by atoms with van der Waals surface area (Å²) in [6.07, 6.45) is 3.80. The SMILES string of the molecule is CCCCc1nc(Cl)c(C#N)c2c1COC(C)(C)C2. The van der Waals surface area contributed by atoms with E-state index in [1.165, 1.54) is 0 Å². The first kappa shape index (κ1) is 14.3. The summed E-state index contributed by atoms with van der Waals surface area (Å²) in [7, 11) is 0. The maximum atomic E-state index is 9.30. The van der Waals surface area contributed by atoms with Gasteiger partial charge in [0.15, 0.2) is 0 Å². The first-order valence-corrected chi connectivity index (χ1v) is 7.10. The number of nitrogens with zero attached hydrogens (tertiary/aromatic N) is 2. The lowest BCUT2D eigenvalue weighted by atomic mass is 9.88. The highest BCUT2D eigenvalue weighted by molar-refractivity contribution is 6.30. The quantitative estimate of drug-likeness (QED) is 0.790. The number of hydrogen-bond acceptors (Lipinski definition) is 3. The van der Waals surface area contributed by atoms with E-state index in [-0.39, 0.29) is 5.60 Å². The normalized spacial score (nSPS) is 16.8. The van der Waals surface area contributed by atoms with E-state index < -0.39 is 0 Å². The van der Waals surface area contributed by atoms with Gasteiger partial charge in [-0.15, -0.1) is 0 Å². The van der Waals surface area contributed by atoms with Crippen LogP contribution in [0.25, 0.3) is 0 Å². The fourth-order valence-electron chi connectivity index (χ4n) is 2.47. The number of aryl methyl sites for hydroxylation is 1. The molecule has 0 saturated carbocycles. The van der Waals surface area contributed by atoms with Crippen molar-refractivity contribution in [2.24, 2.45) is 0 Å². The first-order chi connectivity index (χ1) is 8.98. The molecule has 0 N–H and O–H groups in total. The fourth-order valence-corrected chi connectivity index (χ4v) is 2.72. The van der Waals surface area contributed by atoms with Crippen LogP contribution in [0.4, 0.5) is 0 Å². The van der Waals surface area contributed by atoms with Crippen molar-refractivity contribution in [2.75, 3.05) is 0 Å². The second kappa shape index (κ2) is 5.48. The Kier molecular flexibility index (Phi) is 4.13. The Bertz CT molecular complexity index is 532.